The lowest BCUT2D eigenvalue weighted by molar-refractivity contribution is 0.0277. The van der Waals surface area contributed by atoms with E-state index in [0.717, 1.165) is 30.8 Å². The third kappa shape index (κ3) is 3.06. The number of hydrogen-bond acceptors (Lipinski definition) is 5. The number of halogens is 1. The van der Waals surface area contributed by atoms with Gasteiger partial charge >= 0.3 is 0 Å². The summed E-state index contributed by atoms with van der Waals surface area (Å²) in [5, 5.41) is 11.4. The van der Waals surface area contributed by atoms with Gasteiger partial charge in [0.05, 0.1) is 12.7 Å². The predicted molar refractivity (Wildman–Crippen MR) is 86.7 cm³/mol. The van der Waals surface area contributed by atoms with Crippen molar-refractivity contribution in [2.24, 2.45) is 0 Å². The molecule has 1 aliphatic rings. The number of hydrogen-bond donors (Lipinski definition) is 1. The zero-order valence-corrected chi connectivity index (χ0v) is 12.9. The van der Waals surface area contributed by atoms with Gasteiger partial charge in [-0.2, -0.15) is 0 Å². The van der Waals surface area contributed by atoms with Crippen molar-refractivity contribution in [1.82, 2.24) is 15.5 Å². The van der Waals surface area contributed by atoms with Crippen LogP contribution >= 0.6 is 0 Å². The Morgan fingerprint density at radius 1 is 0.917 bits per heavy atom. The Bertz CT molecular complexity index is 809. The van der Waals surface area contributed by atoms with Gasteiger partial charge in [0.1, 0.15) is 5.82 Å². The minimum Gasteiger partial charge on any atom is -0.416 e. The van der Waals surface area contributed by atoms with Gasteiger partial charge in [0, 0.05) is 24.2 Å². The maximum Gasteiger partial charge on any atom is 0.248 e. The molecule has 0 unspecified atom stereocenters. The summed E-state index contributed by atoms with van der Waals surface area (Å²) < 4.78 is 24.4. The number of ether oxygens (including phenoxy) is 1. The van der Waals surface area contributed by atoms with Crippen LogP contribution in [0.5, 0.6) is 0 Å². The van der Waals surface area contributed by atoms with Gasteiger partial charge < -0.3 is 14.5 Å². The van der Waals surface area contributed by atoms with Crippen molar-refractivity contribution in [2.45, 2.75) is 6.10 Å². The number of morpholine rings is 1. The Kier molecular flexibility index (Phi) is 4.06. The molecule has 2 aromatic carbocycles. The lowest BCUT2D eigenvalue weighted by Crippen LogP contribution is -2.33. The summed E-state index contributed by atoms with van der Waals surface area (Å²) >= 11 is 0. The molecule has 1 aliphatic heterocycles. The van der Waals surface area contributed by atoms with Gasteiger partial charge in [-0.05, 0) is 42.0 Å². The molecular formula is C18H16FN3O2. The van der Waals surface area contributed by atoms with E-state index in [2.05, 4.69) is 15.5 Å². The topological polar surface area (TPSA) is 60.2 Å². The first-order chi connectivity index (χ1) is 11.8. The van der Waals surface area contributed by atoms with Gasteiger partial charge in [0.15, 0.2) is 0 Å². The highest BCUT2D eigenvalue weighted by Crippen LogP contribution is 2.26. The zero-order chi connectivity index (χ0) is 16.4. The number of benzene rings is 2. The summed E-state index contributed by atoms with van der Waals surface area (Å²) in [5.41, 5.74) is 2.64. The van der Waals surface area contributed by atoms with E-state index in [1.165, 1.54) is 12.1 Å². The maximum atomic E-state index is 13.0. The van der Waals surface area contributed by atoms with E-state index in [0.29, 0.717) is 17.3 Å². The molecule has 2 heterocycles. The molecule has 1 N–H and O–H groups in total. The number of nitrogens with zero attached hydrogens (tertiary/aromatic N) is 2. The highest BCUT2D eigenvalue weighted by Gasteiger charge is 2.16. The van der Waals surface area contributed by atoms with Crippen LogP contribution in [-0.2, 0) is 4.74 Å². The number of aromatic nitrogens is 2. The molecule has 24 heavy (non-hydrogen) atoms. The van der Waals surface area contributed by atoms with Crippen LogP contribution in [0.4, 0.5) is 4.39 Å². The summed E-state index contributed by atoms with van der Waals surface area (Å²) in [6.07, 6.45) is 0.0743. The minimum absolute atomic E-state index is 0.0743. The fraction of sp³-hybridized carbons (Fsp3) is 0.222. The number of nitrogens with one attached hydrogen (secondary N) is 1. The number of rotatable bonds is 3. The lowest BCUT2D eigenvalue weighted by Gasteiger charge is -2.23. The molecular weight excluding hydrogens is 309 g/mol. The molecule has 6 heteroatoms. The van der Waals surface area contributed by atoms with Crippen LogP contribution in [-0.4, -0.2) is 29.9 Å². The highest BCUT2D eigenvalue weighted by atomic mass is 19.1. The van der Waals surface area contributed by atoms with E-state index in [1.807, 2.05) is 24.3 Å². The first kappa shape index (κ1) is 15.0. The van der Waals surface area contributed by atoms with E-state index in [9.17, 15) is 4.39 Å². The van der Waals surface area contributed by atoms with E-state index >= 15 is 0 Å². The van der Waals surface area contributed by atoms with Gasteiger partial charge in [0.2, 0.25) is 11.8 Å². The summed E-state index contributed by atoms with van der Waals surface area (Å²) in [4.78, 5) is 0. The fourth-order valence-corrected chi connectivity index (χ4v) is 2.67. The van der Waals surface area contributed by atoms with Crippen LogP contribution in [0.3, 0.4) is 0 Å². The molecule has 1 saturated heterocycles. The van der Waals surface area contributed by atoms with Crippen LogP contribution < -0.4 is 5.32 Å². The normalized spacial score (nSPS) is 17.8. The van der Waals surface area contributed by atoms with Crippen LogP contribution in [0.25, 0.3) is 22.9 Å². The SMILES string of the molecule is Fc1ccc(-c2nnc(-c3ccc([C@@H]4CNCCO4)cc3)o2)cc1. The van der Waals surface area contributed by atoms with Crippen LogP contribution in [0.2, 0.25) is 0 Å². The molecule has 1 atom stereocenters. The first-order valence-corrected chi connectivity index (χ1v) is 7.82. The van der Waals surface area contributed by atoms with Crippen molar-refractivity contribution in [3.8, 4) is 22.9 Å². The molecule has 0 bridgehead atoms. The minimum atomic E-state index is -0.298. The maximum absolute atomic E-state index is 13.0. The van der Waals surface area contributed by atoms with Gasteiger partial charge in [-0.15, -0.1) is 10.2 Å². The van der Waals surface area contributed by atoms with E-state index in [4.69, 9.17) is 9.15 Å². The Labute approximate surface area is 138 Å². The molecule has 122 valence electrons. The zero-order valence-electron chi connectivity index (χ0n) is 12.9. The van der Waals surface area contributed by atoms with Gasteiger partial charge in [-0.3, -0.25) is 0 Å². The summed E-state index contributed by atoms with van der Waals surface area (Å²) in [7, 11) is 0. The molecule has 1 aromatic heterocycles. The lowest BCUT2D eigenvalue weighted by atomic mass is 10.1. The largest absolute Gasteiger partial charge is 0.416 e. The van der Waals surface area contributed by atoms with E-state index < -0.39 is 0 Å². The average molecular weight is 325 g/mol. The van der Waals surface area contributed by atoms with E-state index in [1.54, 1.807) is 12.1 Å². The molecule has 0 amide bonds. The molecule has 0 spiro atoms. The van der Waals surface area contributed by atoms with Crippen molar-refractivity contribution in [1.29, 1.82) is 0 Å². The molecule has 5 nitrogen and oxygen atoms in total. The van der Waals surface area contributed by atoms with Crippen molar-refractivity contribution >= 4 is 0 Å². The molecule has 1 fully saturated rings. The summed E-state index contributed by atoms with van der Waals surface area (Å²) in [6, 6.07) is 13.9. The van der Waals surface area contributed by atoms with Crippen LogP contribution in [0.1, 0.15) is 11.7 Å². The Hall–Kier alpha value is -2.57. The molecule has 0 aliphatic carbocycles. The summed E-state index contributed by atoms with van der Waals surface area (Å²) in [5.74, 6) is 0.506. The Balaban J connectivity index is 1.54. The van der Waals surface area contributed by atoms with Crippen LogP contribution in [0, 0.1) is 5.82 Å². The fourth-order valence-electron chi connectivity index (χ4n) is 2.67. The Morgan fingerprint density at radius 3 is 2.12 bits per heavy atom. The van der Waals surface area contributed by atoms with Crippen molar-refractivity contribution < 1.29 is 13.5 Å². The molecule has 3 aromatic rings. The smallest absolute Gasteiger partial charge is 0.248 e. The Morgan fingerprint density at radius 2 is 1.54 bits per heavy atom. The second kappa shape index (κ2) is 6.51. The average Bonchev–Trinajstić information content (AvgIpc) is 3.13. The first-order valence-electron chi connectivity index (χ1n) is 7.82. The second-order valence-electron chi connectivity index (χ2n) is 5.60. The summed E-state index contributed by atoms with van der Waals surface area (Å²) in [6.45, 7) is 2.43. The monoisotopic (exact) mass is 325 g/mol. The third-order valence-corrected chi connectivity index (χ3v) is 3.97. The molecule has 0 radical (unpaired) electrons. The highest BCUT2D eigenvalue weighted by molar-refractivity contribution is 5.58. The van der Waals surface area contributed by atoms with Gasteiger partial charge in [0.25, 0.3) is 0 Å². The predicted octanol–water partition coefficient (Wildman–Crippen LogP) is 3.20. The third-order valence-electron chi connectivity index (χ3n) is 3.97. The van der Waals surface area contributed by atoms with Gasteiger partial charge in [-0.1, -0.05) is 12.1 Å². The van der Waals surface area contributed by atoms with Crippen molar-refractivity contribution in [3.63, 3.8) is 0 Å². The van der Waals surface area contributed by atoms with Crippen molar-refractivity contribution in [3.05, 3.63) is 59.9 Å². The van der Waals surface area contributed by atoms with Gasteiger partial charge in [-0.25, -0.2) is 4.39 Å². The van der Waals surface area contributed by atoms with Crippen molar-refractivity contribution in [2.75, 3.05) is 19.7 Å². The van der Waals surface area contributed by atoms with E-state index in [-0.39, 0.29) is 11.9 Å². The quantitative estimate of drug-likeness (QED) is 0.801. The molecule has 4 rings (SSSR count). The standard InChI is InChI=1S/C18H16FN3O2/c19-15-7-5-14(6-8-15)18-22-21-17(24-18)13-3-1-12(2-4-13)16-11-20-9-10-23-16/h1-8,16,20H,9-11H2/t16-/m0/s1. The van der Waals surface area contributed by atoms with Crippen LogP contribution in [0.15, 0.2) is 52.9 Å². The second-order valence-corrected chi connectivity index (χ2v) is 5.60. The molecule has 0 saturated carbocycles.